The minimum Gasteiger partial charge on any atom is -0.497 e. The molecule has 1 aromatic heterocycles. The molecule has 3 aromatic rings. The summed E-state index contributed by atoms with van der Waals surface area (Å²) in [6, 6.07) is 11.9. The lowest BCUT2D eigenvalue weighted by Crippen LogP contribution is -2.12. The van der Waals surface area contributed by atoms with Crippen LogP contribution in [0.1, 0.15) is 12.0 Å². The van der Waals surface area contributed by atoms with Gasteiger partial charge in [-0.1, -0.05) is 6.07 Å². The van der Waals surface area contributed by atoms with Crippen molar-refractivity contribution in [3.05, 3.63) is 42.0 Å². The molecule has 2 aromatic carbocycles. The van der Waals surface area contributed by atoms with Crippen molar-refractivity contribution in [2.45, 2.75) is 12.8 Å². The monoisotopic (exact) mass is 280 g/mol. The van der Waals surface area contributed by atoms with Crippen LogP contribution in [-0.2, 0) is 6.42 Å². The molecule has 0 fully saturated rings. The summed E-state index contributed by atoms with van der Waals surface area (Å²) in [7, 11) is 1.65. The van der Waals surface area contributed by atoms with Gasteiger partial charge in [0.2, 0.25) is 5.89 Å². The van der Waals surface area contributed by atoms with Crippen LogP contribution < -0.4 is 10.1 Å². The average molecular weight is 280 g/mol. The first-order valence-corrected chi connectivity index (χ1v) is 7.16. The molecule has 1 aliphatic rings. The Hall–Kier alpha value is -2.49. The van der Waals surface area contributed by atoms with E-state index in [4.69, 9.17) is 9.15 Å². The van der Waals surface area contributed by atoms with Crippen LogP contribution >= 0.6 is 0 Å². The lowest BCUT2D eigenvalue weighted by molar-refractivity contribution is 0.414. The highest BCUT2D eigenvalue weighted by Gasteiger charge is 2.17. The lowest BCUT2D eigenvalue weighted by Gasteiger charge is -2.19. The van der Waals surface area contributed by atoms with Crippen molar-refractivity contribution in [1.29, 1.82) is 0 Å². The summed E-state index contributed by atoms with van der Waals surface area (Å²) in [5.41, 5.74) is 5.17. The second-order valence-corrected chi connectivity index (χ2v) is 5.21. The normalized spacial score (nSPS) is 13.8. The number of aromatic nitrogens is 1. The van der Waals surface area contributed by atoms with Gasteiger partial charge in [-0.2, -0.15) is 0 Å². The third-order valence-corrected chi connectivity index (χ3v) is 3.92. The van der Waals surface area contributed by atoms with Gasteiger partial charge in [0.1, 0.15) is 11.3 Å². The van der Waals surface area contributed by atoms with Crippen LogP contribution in [0.3, 0.4) is 0 Å². The number of ether oxygens (including phenoxy) is 1. The topological polar surface area (TPSA) is 47.3 Å². The van der Waals surface area contributed by atoms with Gasteiger partial charge in [-0.25, -0.2) is 4.98 Å². The summed E-state index contributed by atoms with van der Waals surface area (Å²) < 4.78 is 11.2. The van der Waals surface area contributed by atoms with E-state index >= 15 is 0 Å². The van der Waals surface area contributed by atoms with Gasteiger partial charge in [0.05, 0.1) is 7.11 Å². The van der Waals surface area contributed by atoms with Gasteiger partial charge >= 0.3 is 0 Å². The Bertz CT molecular complexity index is 808. The molecule has 106 valence electrons. The van der Waals surface area contributed by atoms with Gasteiger partial charge < -0.3 is 14.5 Å². The molecule has 0 saturated heterocycles. The number of fused-ring (bicyclic) bond motifs is 2. The van der Waals surface area contributed by atoms with E-state index in [1.54, 1.807) is 7.11 Å². The molecule has 0 radical (unpaired) electrons. The largest absolute Gasteiger partial charge is 0.497 e. The molecule has 1 aliphatic heterocycles. The molecule has 0 saturated carbocycles. The molecule has 0 amide bonds. The first-order chi connectivity index (χ1) is 10.3. The fourth-order valence-electron chi connectivity index (χ4n) is 2.86. The van der Waals surface area contributed by atoms with Crippen molar-refractivity contribution in [3.63, 3.8) is 0 Å². The second-order valence-electron chi connectivity index (χ2n) is 5.21. The first kappa shape index (κ1) is 12.3. The van der Waals surface area contributed by atoms with E-state index in [-0.39, 0.29) is 0 Å². The maximum Gasteiger partial charge on any atom is 0.227 e. The minimum absolute atomic E-state index is 0.679. The van der Waals surface area contributed by atoms with Gasteiger partial charge in [0, 0.05) is 23.9 Å². The van der Waals surface area contributed by atoms with Gasteiger partial charge in [-0.05, 0) is 42.7 Å². The molecule has 0 bridgehead atoms. The lowest BCUT2D eigenvalue weighted by atomic mass is 9.97. The first-order valence-electron chi connectivity index (χ1n) is 7.16. The summed E-state index contributed by atoms with van der Waals surface area (Å²) in [5.74, 6) is 1.46. The van der Waals surface area contributed by atoms with Crippen molar-refractivity contribution >= 4 is 16.8 Å². The third-order valence-electron chi connectivity index (χ3n) is 3.92. The summed E-state index contributed by atoms with van der Waals surface area (Å²) in [4.78, 5) is 4.62. The summed E-state index contributed by atoms with van der Waals surface area (Å²) in [6.07, 6.45) is 2.19. The number of nitrogens with zero attached hydrogens (tertiary/aromatic N) is 1. The van der Waals surface area contributed by atoms with Gasteiger partial charge in [-0.15, -0.1) is 0 Å². The zero-order valence-corrected chi connectivity index (χ0v) is 11.8. The Morgan fingerprint density at radius 1 is 1.24 bits per heavy atom. The van der Waals surface area contributed by atoms with Gasteiger partial charge in [0.25, 0.3) is 0 Å². The minimum atomic E-state index is 0.679. The van der Waals surface area contributed by atoms with Gasteiger partial charge in [-0.3, -0.25) is 0 Å². The van der Waals surface area contributed by atoms with Crippen molar-refractivity contribution in [2.24, 2.45) is 0 Å². The molecule has 0 atom stereocenters. The van der Waals surface area contributed by atoms with Crippen LogP contribution in [0.5, 0.6) is 5.75 Å². The van der Waals surface area contributed by atoms with E-state index in [0.717, 1.165) is 41.8 Å². The highest BCUT2D eigenvalue weighted by atomic mass is 16.5. The Labute approximate surface area is 122 Å². The molecule has 21 heavy (non-hydrogen) atoms. The molecular formula is C17H16N2O2. The second kappa shape index (κ2) is 4.81. The van der Waals surface area contributed by atoms with E-state index < -0.39 is 0 Å². The van der Waals surface area contributed by atoms with Crippen molar-refractivity contribution in [1.82, 2.24) is 4.98 Å². The van der Waals surface area contributed by atoms with E-state index in [0.29, 0.717) is 5.89 Å². The van der Waals surface area contributed by atoms with Crippen LogP contribution in [0.25, 0.3) is 22.6 Å². The van der Waals surface area contributed by atoms with Crippen molar-refractivity contribution < 1.29 is 9.15 Å². The molecule has 0 aliphatic carbocycles. The quantitative estimate of drug-likeness (QED) is 0.774. The molecule has 0 spiro atoms. The molecule has 4 heteroatoms. The van der Waals surface area contributed by atoms with Gasteiger partial charge in [0.15, 0.2) is 5.58 Å². The molecule has 2 heterocycles. The zero-order valence-electron chi connectivity index (χ0n) is 11.8. The SMILES string of the molecule is COc1ccc2nc(-c3cccc4c3CCCN4)oc2c1. The smallest absolute Gasteiger partial charge is 0.227 e. The Balaban J connectivity index is 1.86. The van der Waals surface area contributed by atoms with E-state index in [2.05, 4.69) is 22.4 Å². The molecule has 1 N–H and O–H groups in total. The summed E-state index contributed by atoms with van der Waals surface area (Å²) in [6.45, 7) is 1.03. The number of rotatable bonds is 2. The Morgan fingerprint density at radius 3 is 3.10 bits per heavy atom. The predicted octanol–water partition coefficient (Wildman–Crippen LogP) is 3.86. The number of benzene rings is 2. The van der Waals surface area contributed by atoms with E-state index in [1.165, 1.54) is 11.3 Å². The number of hydrogen-bond acceptors (Lipinski definition) is 4. The van der Waals surface area contributed by atoms with Crippen molar-refractivity contribution in [2.75, 3.05) is 19.0 Å². The predicted molar refractivity (Wildman–Crippen MR) is 82.8 cm³/mol. The molecule has 4 nitrogen and oxygen atoms in total. The number of anilines is 1. The van der Waals surface area contributed by atoms with Crippen LogP contribution in [0.4, 0.5) is 5.69 Å². The highest BCUT2D eigenvalue weighted by molar-refractivity contribution is 5.79. The number of nitrogens with one attached hydrogen (secondary N) is 1. The Kier molecular flexibility index (Phi) is 2.81. The van der Waals surface area contributed by atoms with Crippen LogP contribution in [0.15, 0.2) is 40.8 Å². The number of oxazole rings is 1. The van der Waals surface area contributed by atoms with Crippen LogP contribution in [0, 0.1) is 0 Å². The Morgan fingerprint density at radius 2 is 2.19 bits per heavy atom. The number of methoxy groups -OCH3 is 1. The molecule has 4 rings (SSSR count). The average Bonchev–Trinajstić information content (AvgIpc) is 2.97. The van der Waals surface area contributed by atoms with Crippen LogP contribution in [-0.4, -0.2) is 18.6 Å². The van der Waals surface area contributed by atoms with E-state index in [1.807, 2.05) is 24.3 Å². The zero-order chi connectivity index (χ0) is 14.2. The maximum absolute atomic E-state index is 5.94. The fourth-order valence-corrected chi connectivity index (χ4v) is 2.86. The standard InChI is InChI=1S/C17H16N2O2/c1-20-11-7-8-15-16(10-11)21-17(19-15)13-4-2-6-14-12(13)5-3-9-18-14/h2,4,6-8,10,18H,3,5,9H2,1H3. The summed E-state index contributed by atoms with van der Waals surface area (Å²) in [5, 5.41) is 3.44. The summed E-state index contributed by atoms with van der Waals surface area (Å²) >= 11 is 0. The third kappa shape index (κ3) is 2.03. The van der Waals surface area contributed by atoms with Crippen LogP contribution in [0.2, 0.25) is 0 Å². The number of hydrogen-bond donors (Lipinski definition) is 1. The maximum atomic E-state index is 5.94. The van der Waals surface area contributed by atoms with Crippen molar-refractivity contribution in [3.8, 4) is 17.2 Å². The molecular weight excluding hydrogens is 264 g/mol. The van der Waals surface area contributed by atoms with E-state index in [9.17, 15) is 0 Å². The fraction of sp³-hybridized carbons (Fsp3) is 0.235. The highest BCUT2D eigenvalue weighted by Crippen LogP contribution is 2.34. The molecule has 0 unspecified atom stereocenters.